The average Bonchev–Trinajstić information content (AvgIpc) is 2.54. The molecule has 2 N–H and O–H groups in total. The van der Waals surface area contributed by atoms with Crippen molar-refractivity contribution in [3.8, 4) is 0 Å². The van der Waals surface area contributed by atoms with Crippen molar-refractivity contribution in [3.63, 3.8) is 0 Å². The van der Waals surface area contributed by atoms with E-state index in [9.17, 15) is 14.7 Å². The Morgan fingerprint density at radius 2 is 2.35 bits per heavy atom. The highest BCUT2D eigenvalue weighted by molar-refractivity contribution is 7.99. The minimum atomic E-state index is -0.762. The molecule has 17 heavy (non-hydrogen) atoms. The number of thioether (sulfide) groups is 1. The summed E-state index contributed by atoms with van der Waals surface area (Å²) >= 11 is 1.68. The summed E-state index contributed by atoms with van der Waals surface area (Å²) in [6.45, 7) is 1.50. The zero-order valence-corrected chi connectivity index (χ0v) is 10.5. The number of amides is 1. The Morgan fingerprint density at radius 1 is 1.53 bits per heavy atom. The molecular formula is C11H18N2O3S. The van der Waals surface area contributed by atoms with E-state index < -0.39 is 12.0 Å². The molecule has 0 spiro atoms. The van der Waals surface area contributed by atoms with Gasteiger partial charge in [-0.1, -0.05) is 0 Å². The van der Waals surface area contributed by atoms with E-state index >= 15 is 0 Å². The predicted octanol–water partition coefficient (Wildman–Crippen LogP) is 0.157. The van der Waals surface area contributed by atoms with Crippen molar-refractivity contribution in [1.29, 1.82) is 0 Å². The summed E-state index contributed by atoms with van der Waals surface area (Å²) < 4.78 is 0. The van der Waals surface area contributed by atoms with Gasteiger partial charge < -0.3 is 10.4 Å². The van der Waals surface area contributed by atoms with Gasteiger partial charge in [0.25, 0.3) is 0 Å². The van der Waals surface area contributed by atoms with E-state index in [-0.39, 0.29) is 11.9 Å². The van der Waals surface area contributed by atoms with Gasteiger partial charge in [-0.15, -0.1) is 0 Å². The molecule has 6 heteroatoms. The third-order valence-corrected chi connectivity index (χ3v) is 4.40. The molecule has 2 rings (SSSR count). The molecule has 2 aliphatic heterocycles. The summed E-state index contributed by atoms with van der Waals surface area (Å²) in [7, 11) is 0. The van der Waals surface area contributed by atoms with Crippen molar-refractivity contribution >= 4 is 23.6 Å². The molecule has 0 aliphatic carbocycles. The molecule has 2 unspecified atom stereocenters. The first-order chi connectivity index (χ1) is 8.18. The number of rotatable bonds is 2. The molecule has 2 fully saturated rings. The maximum absolute atomic E-state index is 11.5. The van der Waals surface area contributed by atoms with E-state index in [4.69, 9.17) is 0 Å². The van der Waals surface area contributed by atoms with Crippen molar-refractivity contribution in [2.24, 2.45) is 0 Å². The number of hydrogen-bond donors (Lipinski definition) is 2. The largest absolute Gasteiger partial charge is 0.480 e. The molecule has 96 valence electrons. The number of carbonyl (C=O) groups excluding carboxylic acids is 1. The van der Waals surface area contributed by atoms with E-state index in [1.807, 2.05) is 4.90 Å². The van der Waals surface area contributed by atoms with Crippen LogP contribution in [0.15, 0.2) is 0 Å². The van der Waals surface area contributed by atoms with Gasteiger partial charge in [0.15, 0.2) is 0 Å². The second kappa shape index (κ2) is 5.73. The highest BCUT2D eigenvalue weighted by Crippen LogP contribution is 2.23. The lowest BCUT2D eigenvalue weighted by Gasteiger charge is -2.38. The SMILES string of the molecule is O=C1CC(N2CCSCC2C(=O)O)CCCN1. The van der Waals surface area contributed by atoms with Crippen molar-refractivity contribution in [2.45, 2.75) is 31.3 Å². The van der Waals surface area contributed by atoms with Crippen LogP contribution in [0.2, 0.25) is 0 Å². The second-order valence-corrected chi connectivity index (χ2v) is 5.67. The summed E-state index contributed by atoms with van der Waals surface area (Å²) in [5.41, 5.74) is 0. The molecule has 2 heterocycles. The Labute approximate surface area is 105 Å². The van der Waals surface area contributed by atoms with Crippen LogP contribution in [0.1, 0.15) is 19.3 Å². The quantitative estimate of drug-likeness (QED) is 0.738. The van der Waals surface area contributed by atoms with Crippen LogP contribution in [-0.2, 0) is 9.59 Å². The van der Waals surface area contributed by atoms with Crippen molar-refractivity contribution in [3.05, 3.63) is 0 Å². The third kappa shape index (κ3) is 3.13. The van der Waals surface area contributed by atoms with E-state index in [0.29, 0.717) is 12.2 Å². The molecule has 0 saturated carbocycles. The molecule has 5 nitrogen and oxygen atoms in total. The van der Waals surface area contributed by atoms with Crippen LogP contribution in [0, 0.1) is 0 Å². The van der Waals surface area contributed by atoms with Crippen LogP contribution in [0.4, 0.5) is 0 Å². The molecule has 2 atom stereocenters. The van der Waals surface area contributed by atoms with Gasteiger partial charge in [0, 0.05) is 37.1 Å². The standard InChI is InChI=1S/C11H18N2O3S/c14-10-6-8(2-1-3-12-10)13-4-5-17-7-9(13)11(15)16/h8-9H,1-7H2,(H,12,14)(H,15,16). The molecule has 0 aromatic rings. The lowest BCUT2D eigenvalue weighted by atomic mass is 10.0. The molecular weight excluding hydrogens is 240 g/mol. The van der Waals surface area contributed by atoms with Crippen LogP contribution >= 0.6 is 11.8 Å². The fourth-order valence-electron chi connectivity index (χ4n) is 2.50. The van der Waals surface area contributed by atoms with E-state index in [2.05, 4.69) is 5.32 Å². The van der Waals surface area contributed by atoms with Crippen LogP contribution in [0.3, 0.4) is 0 Å². The number of nitrogens with zero attached hydrogens (tertiary/aromatic N) is 1. The van der Waals surface area contributed by atoms with E-state index in [1.165, 1.54) is 0 Å². The Hall–Kier alpha value is -0.750. The minimum Gasteiger partial charge on any atom is -0.480 e. The van der Waals surface area contributed by atoms with Gasteiger partial charge in [0.05, 0.1) is 0 Å². The molecule has 0 bridgehead atoms. The fraction of sp³-hybridized carbons (Fsp3) is 0.818. The number of carbonyl (C=O) groups is 2. The fourth-order valence-corrected chi connectivity index (χ4v) is 3.57. The molecule has 0 radical (unpaired) electrons. The van der Waals surface area contributed by atoms with Crippen LogP contribution < -0.4 is 5.32 Å². The number of aliphatic carboxylic acids is 1. The highest BCUT2D eigenvalue weighted by atomic mass is 32.2. The van der Waals surface area contributed by atoms with Gasteiger partial charge in [-0.3, -0.25) is 14.5 Å². The lowest BCUT2D eigenvalue weighted by molar-refractivity contribution is -0.144. The van der Waals surface area contributed by atoms with E-state index in [0.717, 1.165) is 31.7 Å². The topological polar surface area (TPSA) is 69.6 Å². The first kappa shape index (κ1) is 12.7. The normalized spacial score (nSPS) is 31.6. The Morgan fingerprint density at radius 3 is 3.12 bits per heavy atom. The highest BCUT2D eigenvalue weighted by Gasteiger charge is 2.35. The molecule has 0 aromatic carbocycles. The summed E-state index contributed by atoms with van der Waals surface area (Å²) in [6, 6.07) is -0.329. The second-order valence-electron chi connectivity index (χ2n) is 4.52. The van der Waals surface area contributed by atoms with Crippen LogP contribution in [0.5, 0.6) is 0 Å². The Bertz CT molecular complexity index is 311. The minimum absolute atomic E-state index is 0.0508. The smallest absolute Gasteiger partial charge is 0.321 e. The van der Waals surface area contributed by atoms with Crippen LogP contribution in [-0.4, -0.2) is 58.6 Å². The van der Waals surface area contributed by atoms with Crippen molar-refractivity contribution < 1.29 is 14.7 Å². The monoisotopic (exact) mass is 258 g/mol. The van der Waals surface area contributed by atoms with Crippen LogP contribution in [0.25, 0.3) is 0 Å². The average molecular weight is 258 g/mol. The molecule has 2 aliphatic rings. The lowest BCUT2D eigenvalue weighted by Crippen LogP contribution is -2.52. The van der Waals surface area contributed by atoms with Gasteiger partial charge in [0.2, 0.25) is 5.91 Å². The number of hydrogen-bond acceptors (Lipinski definition) is 4. The summed E-state index contributed by atoms with van der Waals surface area (Å²) in [5, 5.41) is 12.1. The zero-order chi connectivity index (χ0) is 12.3. The summed E-state index contributed by atoms with van der Waals surface area (Å²) in [6.07, 6.45) is 2.29. The first-order valence-electron chi connectivity index (χ1n) is 6.01. The Balaban J connectivity index is 2.06. The first-order valence-corrected chi connectivity index (χ1v) is 7.17. The van der Waals surface area contributed by atoms with Gasteiger partial charge in [-0.2, -0.15) is 11.8 Å². The zero-order valence-electron chi connectivity index (χ0n) is 9.72. The molecule has 0 aromatic heterocycles. The number of carboxylic acid groups (broad SMARTS) is 1. The maximum Gasteiger partial charge on any atom is 0.321 e. The van der Waals surface area contributed by atoms with Gasteiger partial charge in [-0.25, -0.2) is 0 Å². The maximum atomic E-state index is 11.5. The molecule has 1 amide bonds. The third-order valence-electron chi connectivity index (χ3n) is 3.38. The van der Waals surface area contributed by atoms with Crippen molar-refractivity contribution in [2.75, 3.05) is 24.6 Å². The Kier molecular flexibility index (Phi) is 4.28. The molecule has 2 saturated heterocycles. The number of nitrogens with one attached hydrogen (secondary N) is 1. The predicted molar refractivity (Wildman–Crippen MR) is 66.1 cm³/mol. The van der Waals surface area contributed by atoms with E-state index in [1.54, 1.807) is 11.8 Å². The summed E-state index contributed by atoms with van der Waals surface area (Å²) in [5.74, 6) is 0.881. The van der Waals surface area contributed by atoms with Gasteiger partial charge in [-0.05, 0) is 12.8 Å². The van der Waals surface area contributed by atoms with Crippen molar-refractivity contribution in [1.82, 2.24) is 10.2 Å². The summed E-state index contributed by atoms with van der Waals surface area (Å²) in [4.78, 5) is 24.8. The van der Waals surface area contributed by atoms with Gasteiger partial charge >= 0.3 is 5.97 Å². The number of carboxylic acids is 1. The van der Waals surface area contributed by atoms with Gasteiger partial charge in [0.1, 0.15) is 6.04 Å².